The van der Waals surface area contributed by atoms with Gasteiger partial charge >= 0.3 is 12.5 Å². The van der Waals surface area contributed by atoms with E-state index in [4.69, 9.17) is 4.74 Å². The molecule has 0 spiro atoms. The topological polar surface area (TPSA) is 131 Å². The third-order valence-corrected chi connectivity index (χ3v) is 8.72. The number of carbonyl (C=O) groups excluding carboxylic acids is 1. The van der Waals surface area contributed by atoms with Crippen LogP contribution in [0.15, 0.2) is 65.8 Å². The van der Waals surface area contributed by atoms with Crippen molar-refractivity contribution in [2.75, 3.05) is 30.4 Å². The van der Waals surface area contributed by atoms with E-state index in [1.165, 1.54) is 36.1 Å². The average Bonchev–Trinajstić information content (AvgIpc) is 3.40. The highest BCUT2D eigenvalue weighted by Crippen LogP contribution is 2.32. The van der Waals surface area contributed by atoms with E-state index in [1.807, 2.05) is 0 Å². The number of carbonyl (C=O) groups is 1. The third-order valence-electron chi connectivity index (χ3n) is 6.97. The number of ether oxygens (including phenoxy) is 2. The molecule has 1 saturated heterocycles. The maximum atomic E-state index is 12.9. The number of aromatic nitrogens is 2. The van der Waals surface area contributed by atoms with Gasteiger partial charge in [-0.15, -0.1) is 13.2 Å². The molecule has 1 aliphatic heterocycles. The quantitative estimate of drug-likeness (QED) is 0.289. The molecular formula is C28H28F6N4O6S. The first-order valence-electron chi connectivity index (χ1n) is 13.5. The van der Waals surface area contributed by atoms with Crippen LogP contribution < -0.4 is 15.0 Å². The van der Waals surface area contributed by atoms with Gasteiger partial charge in [0.2, 0.25) is 5.95 Å². The summed E-state index contributed by atoms with van der Waals surface area (Å²) >= 11 is 0. The SMILES string of the molecule is CCS(=O)(=O)c1ccc([C@H](CO)NC(=O)c2cnc(N3C[C@H](Oc4ccc(C(F)(F)F)cc4)C[C@H]3COC(F)(F)F)nc2)cc1. The molecule has 2 aromatic carbocycles. The van der Waals surface area contributed by atoms with Gasteiger partial charge in [-0.1, -0.05) is 19.1 Å². The van der Waals surface area contributed by atoms with Crippen LogP contribution in [0.4, 0.5) is 32.3 Å². The molecule has 1 amide bonds. The van der Waals surface area contributed by atoms with E-state index in [1.54, 1.807) is 0 Å². The van der Waals surface area contributed by atoms with E-state index in [9.17, 15) is 44.7 Å². The number of nitrogens with zero attached hydrogens (tertiary/aromatic N) is 3. The number of alkyl halides is 6. The maximum Gasteiger partial charge on any atom is 0.522 e. The Morgan fingerprint density at radius 1 is 1.04 bits per heavy atom. The van der Waals surface area contributed by atoms with Crippen molar-refractivity contribution in [1.82, 2.24) is 15.3 Å². The summed E-state index contributed by atoms with van der Waals surface area (Å²) in [5.41, 5.74) is -0.494. The Labute approximate surface area is 253 Å². The van der Waals surface area contributed by atoms with Crippen molar-refractivity contribution in [3.8, 4) is 5.75 Å². The predicted octanol–water partition coefficient (Wildman–Crippen LogP) is 4.32. The summed E-state index contributed by atoms with van der Waals surface area (Å²) in [6, 6.07) is 7.69. The zero-order valence-electron chi connectivity index (χ0n) is 23.5. The zero-order chi connectivity index (χ0) is 33.0. The molecule has 2 heterocycles. The Morgan fingerprint density at radius 3 is 2.20 bits per heavy atom. The number of amides is 1. The molecule has 0 aliphatic carbocycles. The van der Waals surface area contributed by atoms with E-state index in [2.05, 4.69) is 20.0 Å². The summed E-state index contributed by atoms with van der Waals surface area (Å²) in [5.74, 6) is -0.749. The summed E-state index contributed by atoms with van der Waals surface area (Å²) in [5, 5.41) is 12.4. The molecule has 0 bridgehead atoms. The fourth-order valence-electron chi connectivity index (χ4n) is 4.60. The molecule has 4 rings (SSSR count). The van der Waals surface area contributed by atoms with Gasteiger partial charge in [-0.25, -0.2) is 18.4 Å². The highest BCUT2D eigenvalue weighted by molar-refractivity contribution is 7.91. The first-order chi connectivity index (χ1) is 21.1. The van der Waals surface area contributed by atoms with Crippen LogP contribution in [0.3, 0.4) is 0 Å². The number of rotatable bonds is 11. The standard InChI is InChI=1S/C28H28F6N4O6S/c1-2-45(41,42)23-9-3-17(4-10-23)24(15-39)37-25(40)18-12-35-26(36-13-18)38-14-22(11-20(38)16-43-28(32,33)34)44-21-7-5-19(6-8-21)27(29,30)31/h3-10,12-13,20,22,24,39H,2,11,14-16H2,1H3,(H,37,40)/t20-,22+,24-/m0/s1. The molecule has 3 aromatic rings. The normalized spacial score (nSPS) is 18.1. The van der Waals surface area contributed by atoms with Crippen LogP contribution in [0.2, 0.25) is 0 Å². The molecule has 1 aliphatic rings. The molecule has 17 heteroatoms. The molecule has 2 N–H and O–H groups in total. The molecule has 3 atom stereocenters. The number of benzene rings is 2. The number of halogens is 6. The summed E-state index contributed by atoms with van der Waals surface area (Å²) < 4.78 is 111. The largest absolute Gasteiger partial charge is 0.522 e. The fraction of sp³-hybridized carbons (Fsp3) is 0.393. The molecule has 1 fully saturated rings. The van der Waals surface area contributed by atoms with Gasteiger partial charge in [-0.3, -0.25) is 9.53 Å². The number of hydrogen-bond acceptors (Lipinski definition) is 9. The first-order valence-corrected chi connectivity index (χ1v) is 15.1. The highest BCUT2D eigenvalue weighted by Gasteiger charge is 2.39. The molecule has 10 nitrogen and oxygen atoms in total. The van der Waals surface area contributed by atoms with Crippen LogP contribution in [-0.4, -0.2) is 73.4 Å². The first kappa shape index (κ1) is 33.9. The van der Waals surface area contributed by atoms with E-state index >= 15 is 0 Å². The Kier molecular flexibility index (Phi) is 10.2. The summed E-state index contributed by atoms with van der Waals surface area (Å²) in [4.78, 5) is 22.6. The Bertz CT molecular complexity index is 1550. The van der Waals surface area contributed by atoms with E-state index in [0.29, 0.717) is 5.56 Å². The van der Waals surface area contributed by atoms with Gasteiger partial charge < -0.3 is 20.1 Å². The van der Waals surface area contributed by atoms with Gasteiger partial charge in [0.05, 0.1) is 53.6 Å². The predicted molar refractivity (Wildman–Crippen MR) is 147 cm³/mol. The zero-order valence-corrected chi connectivity index (χ0v) is 24.4. The molecule has 244 valence electrons. The summed E-state index contributed by atoms with van der Waals surface area (Å²) in [6.07, 6.45) is -7.95. The van der Waals surface area contributed by atoms with Gasteiger partial charge in [0.15, 0.2) is 9.84 Å². The van der Waals surface area contributed by atoms with Crippen molar-refractivity contribution in [3.63, 3.8) is 0 Å². The lowest BCUT2D eigenvalue weighted by Gasteiger charge is -2.24. The van der Waals surface area contributed by atoms with Crippen LogP contribution in [0.25, 0.3) is 0 Å². The van der Waals surface area contributed by atoms with Gasteiger partial charge in [-0.05, 0) is 42.0 Å². The average molecular weight is 663 g/mol. The van der Waals surface area contributed by atoms with Crippen molar-refractivity contribution >= 4 is 21.7 Å². The van der Waals surface area contributed by atoms with Gasteiger partial charge in [0.1, 0.15) is 11.9 Å². The van der Waals surface area contributed by atoms with Crippen molar-refractivity contribution in [2.45, 2.75) is 49.0 Å². The number of nitrogens with one attached hydrogen (secondary N) is 1. The Hall–Kier alpha value is -3.96. The van der Waals surface area contributed by atoms with Crippen LogP contribution in [0.5, 0.6) is 5.75 Å². The number of aliphatic hydroxyl groups is 1. The second-order valence-corrected chi connectivity index (χ2v) is 12.3. The lowest BCUT2D eigenvalue weighted by molar-refractivity contribution is -0.325. The second-order valence-electron chi connectivity index (χ2n) is 10.0. The van der Waals surface area contributed by atoms with E-state index in [-0.39, 0.29) is 40.9 Å². The Balaban J connectivity index is 1.45. The van der Waals surface area contributed by atoms with E-state index < -0.39 is 65.2 Å². The fourth-order valence-corrected chi connectivity index (χ4v) is 5.49. The number of anilines is 1. The van der Waals surface area contributed by atoms with Gasteiger partial charge in [0.25, 0.3) is 5.91 Å². The van der Waals surface area contributed by atoms with Gasteiger partial charge in [0, 0.05) is 18.8 Å². The van der Waals surface area contributed by atoms with Gasteiger partial charge in [-0.2, -0.15) is 13.2 Å². The number of sulfone groups is 1. The molecule has 1 aromatic heterocycles. The monoisotopic (exact) mass is 662 g/mol. The molecular weight excluding hydrogens is 634 g/mol. The number of hydrogen-bond donors (Lipinski definition) is 2. The number of aliphatic hydroxyl groups excluding tert-OH is 1. The van der Waals surface area contributed by atoms with Crippen molar-refractivity contribution in [1.29, 1.82) is 0 Å². The van der Waals surface area contributed by atoms with Crippen molar-refractivity contribution in [2.24, 2.45) is 0 Å². The van der Waals surface area contributed by atoms with Crippen LogP contribution >= 0.6 is 0 Å². The van der Waals surface area contributed by atoms with Crippen LogP contribution in [-0.2, 0) is 20.8 Å². The molecule has 0 radical (unpaired) electrons. The highest BCUT2D eigenvalue weighted by atomic mass is 32.2. The van der Waals surface area contributed by atoms with Crippen molar-refractivity contribution in [3.05, 3.63) is 77.6 Å². The minimum atomic E-state index is -4.92. The minimum Gasteiger partial charge on any atom is -0.489 e. The summed E-state index contributed by atoms with van der Waals surface area (Å²) in [6.45, 7) is 0.149. The van der Waals surface area contributed by atoms with Crippen molar-refractivity contribution < 1.29 is 54.1 Å². The molecule has 0 unspecified atom stereocenters. The molecule has 0 saturated carbocycles. The Morgan fingerprint density at radius 2 is 1.67 bits per heavy atom. The minimum absolute atomic E-state index is 0.000767. The lowest BCUT2D eigenvalue weighted by Crippen LogP contribution is -2.36. The van der Waals surface area contributed by atoms with Crippen LogP contribution in [0.1, 0.15) is 40.9 Å². The molecule has 45 heavy (non-hydrogen) atoms. The summed E-state index contributed by atoms with van der Waals surface area (Å²) in [7, 11) is -3.44. The van der Waals surface area contributed by atoms with Crippen LogP contribution in [0, 0.1) is 0 Å². The maximum absolute atomic E-state index is 12.9. The second kappa shape index (κ2) is 13.6. The third kappa shape index (κ3) is 8.82. The smallest absolute Gasteiger partial charge is 0.489 e. The lowest BCUT2D eigenvalue weighted by atomic mass is 10.1. The van der Waals surface area contributed by atoms with E-state index in [0.717, 1.165) is 36.7 Å².